The maximum Gasteiger partial charge on any atom is 0.256 e. The second-order valence-electron chi connectivity index (χ2n) is 6.93. The number of carbonyl (C=O) groups is 1. The highest BCUT2D eigenvalue weighted by molar-refractivity contribution is 6.02. The van der Waals surface area contributed by atoms with Crippen molar-refractivity contribution in [2.45, 2.75) is 6.42 Å². The summed E-state index contributed by atoms with van der Waals surface area (Å²) in [5.74, 6) is 0.766. The van der Waals surface area contributed by atoms with Gasteiger partial charge in [0, 0.05) is 38.8 Å². The summed E-state index contributed by atoms with van der Waals surface area (Å²) in [4.78, 5) is 21.3. The first-order valence-corrected chi connectivity index (χ1v) is 9.50. The van der Waals surface area contributed by atoms with E-state index in [-0.39, 0.29) is 5.91 Å². The molecule has 2 aliphatic heterocycles. The molecule has 0 atom stereocenters. The van der Waals surface area contributed by atoms with E-state index >= 15 is 0 Å². The topological polar surface area (TPSA) is 75.8 Å². The summed E-state index contributed by atoms with van der Waals surface area (Å²) in [6.45, 7) is 4.02. The minimum Gasteiger partial charge on any atom is -0.353 e. The van der Waals surface area contributed by atoms with E-state index in [0.717, 1.165) is 49.7 Å². The zero-order chi connectivity index (χ0) is 19.3. The lowest BCUT2D eigenvalue weighted by Gasteiger charge is -2.35. The van der Waals surface area contributed by atoms with Gasteiger partial charge in [-0.1, -0.05) is 30.3 Å². The van der Waals surface area contributed by atoms with Gasteiger partial charge in [-0.25, -0.2) is 9.99 Å². The molecular weight excluding hydrogens is 352 g/mol. The molecule has 0 unspecified atom stereocenters. The zero-order valence-corrected chi connectivity index (χ0v) is 15.7. The molecule has 2 aromatic rings. The highest BCUT2D eigenvalue weighted by Gasteiger charge is 2.26. The van der Waals surface area contributed by atoms with Gasteiger partial charge in [-0.2, -0.15) is 10.4 Å². The highest BCUT2D eigenvalue weighted by Crippen LogP contribution is 2.18. The Bertz CT molecular complexity index is 912. The van der Waals surface area contributed by atoms with Crippen LogP contribution in [0.15, 0.2) is 53.8 Å². The summed E-state index contributed by atoms with van der Waals surface area (Å²) in [6, 6.07) is 15.8. The molecule has 4 rings (SSSR count). The molecule has 3 heterocycles. The van der Waals surface area contributed by atoms with Gasteiger partial charge in [0.15, 0.2) is 0 Å². The number of nitriles is 1. The van der Waals surface area contributed by atoms with E-state index in [1.165, 1.54) is 0 Å². The lowest BCUT2D eigenvalue weighted by Crippen LogP contribution is -2.49. The van der Waals surface area contributed by atoms with Gasteiger partial charge in [0.1, 0.15) is 11.9 Å². The number of benzene rings is 1. The Kier molecular flexibility index (Phi) is 5.31. The van der Waals surface area contributed by atoms with Crippen molar-refractivity contribution in [1.29, 1.82) is 5.26 Å². The number of aromatic nitrogens is 1. The smallest absolute Gasteiger partial charge is 0.256 e. The molecule has 1 fully saturated rings. The lowest BCUT2D eigenvalue weighted by atomic mass is 10.1. The number of pyridine rings is 1. The lowest BCUT2D eigenvalue weighted by molar-refractivity contribution is -0.132. The number of nitrogens with zero attached hydrogens (tertiary/aromatic N) is 6. The number of rotatable bonds is 4. The Balaban J connectivity index is 1.32. The summed E-state index contributed by atoms with van der Waals surface area (Å²) >= 11 is 0. The van der Waals surface area contributed by atoms with E-state index in [1.807, 2.05) is 30.3 Å². The van der Waals surface area contributed by atoms with Crippen LogP contribution in [0.1, 0.15) is 17.5 Å². The molecule has 0 radical (unpaired) electrons. The fourth-order valence-electron chi connectivity index (χ4n) is 3.60. The van der Waals surface area contributed by atoms with Gasteiger partial charge >= 0.3 is 0 Å². The maximum atomic E-state index is 12.7. The van der Waals surface area contributed by atoms with Crippen LogP contribution in [0.3, 0.4) is 0 Å². The predicted molar refractivity (Wildman–Crippen MR) is 107 cm³/mol. The van der Waals surface area contributed by atoms with Crippen molar-refractivity contribution in [3.63, 3.8) is 0 Å². The van der Waals surface area contributed by atoms with E-state index in [0.29, 0.717) is 18.7 Å². The summed E-state index contributed by atoms with van der Waals surface area (Å²) < 4.78 is 0. The van der Waals surface area contributed by atoms with E-state index in [1.54, 1.807) is 23.3 Å². The first kappa shape index (κ1) is 18.1. The molecule has 0 bridgehead atoms. The van der Waals surface area contributed by atoms with Crippen LogP contribution in [0.2, 0.25) is 0 Å². The van der Waals surface area contributed by atoms with Crippen LogP contribution in [0.25, 0.3) is 0 Å². The molecule has 2 aliphatic rings. The minimum absolute atomic E-state index is 0.0370. The van der Waals surface area contributed by atoms with Crippen molar-refractivity contribution in [2.24, 2.45) is 5.10 Å². The van der Waals surface area contributed by atoms with Crippen molar-refractivity contribution in [2.75, 3.05) is 44.2 Å². The van der Waals surface area contributed by atoms with E-state index < -0.39 is 0 Å². The average Bonchev–Trinajstić information content (AvgIpc) is 3.25. The SMILES string of the molecule is N#Cc1cccnc1N1CCN(CC(=O)N2CCC(c3ccccc3)=N2)CC1. The normalized spacial score (nSPS) is 17.3. The van der Waals surface area contributed by atoms with Crippen LogP contribution in [-0.4, -0.2) is 65.8 Å². The molecule has 1 aromatic heterocycles. The zero-order valence-electron chi connectivity index (χ0n) is 15.7. The highest BCUT2D eigenvalue weighted by atomic mass is 16.2. The molecule has 0 N–H and O–H groups in total. The van der Waals surface area contributed by atoms with Gasteiger partial charge in [-0.05, 0) is 17.7 Å². The van der Waals surface area contributed by atoms with Crippen LogP contribution in [0.4, 0.5) is 5.82 Å². The second kappa shape index (κ2) is 8.19. The summed E-state index contributed by atoms with van der Waals surface area (Å²) in [5, 5.41) is 15.4. The number of hydrogen-bond acceptors (Lipinski definition) is 6. The molecule has 28 heavy (non-hydrogen) atoms. The third-order valence-corrected chi connectivity index (χ3v) is 5.13. The van der Waals surface area contributed by atoms with Crippen LogP contribution < -0.4 is 4.90 Å². The molecule has 1 amide bonds. The first-order valence-electron chi connectivity index (χ1n) is 9.50. The molecule has 7 heteroatoms. The fourth-order valence-corrected chi connectivity index (χ4v) is 3.60. The van der Waals surface area contributed by atoms with Crippen molar-refractivity contribution < 1.29 is 4.79 Å². The van der Waals surface area contributed by atoms with Gasteiger partial charge < -0.3 is 4.90 Å². The number of piperazine rings is 1. The number of hydrogen-bond donors (Lipinski definition) is 0. The largest absolute Gasteiger partial charge is 0.353 e. The third kappa shape index (κ3) is 3.87. The number of carbonyl (C=O) groups excluding carboxylic acids is 1. The van der Waals surface area contributed by atoms with E-state index in [4.69, 9.17) is 0 Å². The Labute approximate surface area is 164 Å². The van der Waals surface area contributed by atoms with E-state index in [9.17, 15) is 10.1 Å². The van der Waals surface area contributed by atoms with Gasteiger partial charge in [-0.3, -0.25) is 9.69 Å². The Morgan fingerprint density at radius 3 is 2.57 bits per heavy atom. The van der Waals surface area contributed by atoms with Crippen molar-refractivity contribution in [3.05, 3.63) is 59.8 Å². The third-order valence-electron chi connectivity index (χ3n) is 5.13. The number of hydrazone groups is 1. The maximum absolute atomic E-state index is 12.7. The Morgan fingerprint density at radius 1 is 1.04 bits per heavy atom. The summed E-state index contributed by atoms with van der Waals surface area (Å²) in [7, 11) is 0. The average molecular weight is 374 g/mol. The standard InChI is InChI=1S/C21H22N6O/c22-15-18-7-4-9-23-21(18)26-13-11-25(12-14-26)16-20(28)27-10-8-19(24-27)17-5-2-1-3-6-17/h1-7,9H,8,10-14,16H2. The van der Waals surface area contributed by atoms with Crippen LogP contribution in [0.5, 0.6) is 0 Å². The monoisotopic (exact) mass is 374 g/mol. The van der Waals surface area contributed by atoms with Crippen molar-refractivity contribution in [1.82, 2.24) is 14.9 Å². The second-order valence-corrected chi connectivity index (χ2v) is 6.93. The summed E-state index contributed by atoms with van der Waals surface area (Å²) in [6.07, 6.45) is 2.50. The molecule has 142 valence electrons. The number of anilines is 1. The van der Waals surface area contributed by atoms with Crippen LogP contribution >= 0.6 is 0 Å². The summed E-state index contributed by atoms with van der Waals surface area (Å²) in [5.41, 5.74) is 2.64. The molecule has 0 aliphatic carbocycles. The quantitative estimate of drug-likeness (QED) is 0.814. The van der Waals surface area contributed by atoms with Crippen molar-refractivity contribution >= 4 is 17.4 Å². The molecule has 7 nitrogen and oxygen atoms in total. The Hall–Kier alpha value is -3.24. The van der Waals surface area contributed by atoms with E-state index in [2.05, 4.69) is 26.0 Å². The van der Waals surface area contributed by atoms with Gasteiger partial charge in [-0.15, -0.1) is 0 Å². The minimum atomic E-state index is 0.0370. The predicted octanol–water partition coefficient (Wildman–Crippen LogP) is 1.71. The first-order chi connectivity index (χ1) is 13.7. The molecule has 1 saturated heterocycles. The van der Waals surface area contributed by atoms with Crippen LogP contribution in [-0.2, 0) is 4.79 Å². The van der Waals surface area contributed by atoms with Gasteiger partial charge in [0.2, 0.25) is 0 Å². The molecule has 1 aromatic carbocycles. The van der Waals surface area contributed by atoms with Gasteiger partial charge in [0.25, 0.3) is 5.91 Å². The van der Waals surface area contributed by atoms with Gasteiger partial charge in [0.05, 0.1) is 24.4 Å². The number of amides is 1. The molecule has 0 spiro atoms. The molecule has 0 saturated carbocycles. The molecular formula is C21H22N6O. The van der Waals surface area contributed by atoms with Crippen molar-refractivity contribution in [3.8, 4) is 6.07 Å². The Morgan fingerprint density at radius 2 is 1.82 bits per heavy atom. The fraction of sp³-hybridized carbons (Fsp3) is 0.333. The van der Waals surface area contributed by atoms with Crippen LogP contribution in [0, 0.1) is 11.3 Å².